The second-order valence-electron chi connectivity index (χ2n) is 9.60. The van der Waals surface area contributed by atoms with E-state index in [2.05, 4.69) is 91.8 Å². The summed E-state index contributed by atoms with van der Waals surface area (Å²) in [5, 5.41) is 8.78. The van der Waals surface area contributed by atoms with Crippen LogP contribution in [0.3, 0.4) is 0 Å². The van der Waals surface area contributed by atoms with Crippen LogP contribution in [0.4, 0.5) is 11.4 Å². The Balaban J connectivity index is 2.74. The lowest BCUT2D eigenvalue weighted by atomic mass is 9.91. The first-order valence-electron chi connectivity index (χ1n) is 11.8. The van der Waals surface area contributed by atoms with E-state index in [4.69, 9.17) is 10.4 Å². The number of rotatable bonds is 8. The van der Waals surface area contributed by atoms with E-state index >= 15 is 0 Å². The molecule has 0 saturated heterocycles. The van der Waals surface area contributed by atoms with Crippen LogP contribution in [0, 0.1) is 5.41 Å². The van der Waals surface area contributed by atoms with Crippen molar-refractivity contribution in [1.82, 2.24) is 0 Å². The van der Waals surface area contributed by atoms with E-state index in [0.717, 1.165) is 11.4 Å². The summed E-state index contributed by atoms with van der Waals surface area (Å²) in [5.41, 5.74) is 7.21. The lowest BCUT2D eigenvalue weighted by molar-refractivity contribution is 0.832. The van der Waals surface area contributed by atoms with E-state index in [1.807, 2.05) is 18.2 Å². The fourth-order valence-electron chi connectivity index (χ4n) is 4.00. The number of hydrogen-bond acceptors (Lipinski definition) is 2. The zero-order valence-electron chi connectivity index (χ0n) is 21.0. The quantitative estimate of drug-likeness (QED) is 0.337. The summed E-state index contributed by atoms with van der Waals surface area (Å²) in [4.78, 5) is 7.08. The Kier molecular flexibility index (Phi) is 8.61. The molecule has 0 fully saturated rings. The van der Waals surface area contributed by atoms with Gasteiger partial charge in [-0.3, -0.25) is 10.3 Å². The zero-order chi connectivity index (χ0) is 23.3. The van der Waals surface area contributed by atoms with Gasteiger partial charge in [0.15, 0.2) is 0 Å². The van der Waals surface area contributed by atoms with Crippen molar-refractivity contribution in [3.63, 3.8) is 0 Å². The van der Waals surface area contributed by atoms with Gasteiger partial charge < -0.3 is 0 Å². The van der Waals surface area contributed by atoms with Crippen LogP contribution in [0.25, 0.3) is 0 Å². The van der Waals surface area contributed by atoms with Crippen LogP contribution < -0.4 is 4.90 Å². The standard InChI is InChI=1S/C28H41N3/c1-10-26(29)31(28-24(20(6)7)15-12-16-25(28)21(8)9)17-30-27-22(18(2)3)13-11-14-23(27)19(4)5/h11-21,29H,10H2,1-9H3. The van der Waals surface area contributed by atoms with Gasteiger partial charge in [0.2, 0.25) is 0 Å². The molecule has 2 aromatic rings. The third kappa shape index (κ3) is 5.64. The molecule has 0 aromatic heterocycles. The number of benzene rings is 2. The largest absolute Gasteiger partial charge is 0.289 e. The van der Waals surface area contributed by atoms with Gasteiger partial charge in [0.25, 0.3) is 0 Å². The molecule has 0 aliphatic rings. The van der Waals surface area contributed by atoms with Crippen LogP contribution in [-0.4, -0.2) is 12.2 Å². The molecule has 0 aliphatic heterocycles. The molecule has 31 heavy (non-hydrogen) atoms. The number of anilines is 1. The van der Waals surface area contributed by atoms with Crippen molar-refractivity contribution in [3.05, 3.63) is 58.7 Å². The number of nitrogens with zero attached hydrogens (tertiary/aromatic N) is 2. The van der Waals surface area contributed by atoms with Gasteiger partial charge in [-0.25, -0.2) is 4.99 Å². The summed E-state index contributed by atoms with van der Waals surface area (Å²) < 4.78 is 0. The Morgan fingerprint density at radius 1 is 0.774 bits per heavy atom. The average molecular weight is 420 g/mol. The number of aliphatic imine (C=N–C) groups is 1. The van der Waals surface area contributed by atoms with Crippen molar-refractivity contribution in [2.75, 3.05) is 4.90 Å². The molecule has 0 atom stereocenters. The maximum absolute atomic E-state index is 8.78. The fraction of sp³-hybridized carbons (Fsp3) is 0.500. The minimum atomic E-state index is 0.364. The Morgan fingerprint density at radius 2 is 1.16 bits per heavy atom. The number of nitrogens with one attached hydrogen (secondary N) is 1. The summed E-state index contributed by atoms with van der Waals surface area (Å²) in [6.07, 6.45) is 2.55. The van der Waals surface area contributed by atoms with Gasteiger partial charge in [0.1, 0.15) is 12.2 Å². The van der Waals surface area contributed by atoms with E-state index in [9.17, 15) is 0 Å². The fourth-order valence-corrected chi connectivity index (χ4v) is 4.00. The average Bonchev–Trinajstić information content (AvgIpc) is 2.72. The van der Waals surface area contributed by atoms with Gasteiger partial charge in [0.05, 0.1) is 11.4 Å². The van der Waals surface area contributed by atoms with E-state index in [1.165, 1.54) is 22.3 Å². The summed E-state index contributed by atoms with van der Waals surface area (Å²) in [6.45, 7) is 19.8. The van der Waals surface area contributed by atoms with Gasteiger partial charge in [-0.05, 0) is 45.9 Å². The van der Waals surface area contributed by atoms with Gasteiger partial charge in [-0.15, -0.1) is 0 Å². The molecule has 168 valence electrons. The van der Waals surface area contributed by atoms with Gasteiger partial charge >= 0.3 is 0 Å². The van der Waals surface area contributed by atoms with Crippen molar-refractivity contribution in [3.8, 4) is 0 Å². The highest BCUT2D eigenvalue weighted by Crippen LogP contribution is 2.37. The predicted molar refractivity (Wildman–Crippen MR) is 138 cm³/mol. The monoisotopic (exact) mass is 419 g/mol. The van der Waals surface area contributed by atoms with Crippen molar-refractivity contribution in [1.29, 1.82) is 5.41 Å². The molecule has 0 spiro atoms. The maximum atomic E-state index is 8.78. The number of hydrogen-bond donors (Lipinski definition) is 1. The molecule has 2 aromatic carbocycles. The molecule has 0 aliphatic carbocycles. The van der Waals surface area contributed by atoms with Crippen molar-refractivity contribution in [2.24, 2.45) is 4.99 Å². The predicted octanol–water partition coefficient (Wildman–Crippen LogP) is 8.73. The molecule has 0 saturated carbocycles. The summed E-state index contributed by atoms with van der Waals surface area (Å²) in [7, 11) is 0. The number of para-hydroxylation sites is 2. The second kappa shape index (κ2) is 10.7. The van der Waals surface area contributed by atoms with Gasteiger partial charge in [-0.1, -0.05) is 98.7 Å². The van der Waals surface area contributed by atoms with E-state index in [1.54, 1.807) is 0 Å². The molecule has 0 amide bonds. The maximum Gasteiger partial charge on any atom is 0.105 e. The SMILES string of the molecule is CCC(=N)N(C=Nc1c(C(C)C)cccc1C(C)C)c1c(C(C)C)cccc1C(C)C. The summed E-state index contributed by atoms with van der Waals surface area (Å²) in [5.74, 6) is 2.07. The second-order valence-corrected chi connectivity index (χ2v) is 9.60. The third-order valence-corrected chi connectivity index (χ3v) is 5.85. The van der Waals surface area contributed by atoms with Gasteiger partial charge in [-0.2, -0.15) is 0 Å². The van der Waals surface area contributed by atoms with Crippen molar-refractivity contribution >= 4 is 23.5 Å². The van der Waals surface area contributed by atoms with Crippen LogP contribution in [0.1, 0.15) is 115 Å². The summed E-state index contributed by atoms with van der Waals surface area (Å²) in [6, 6.07) is 13.0. The highest BCUT2D eigenvalue weighted by Gasteiger charge is 2.21. The molecular formula is C28H41N3. The van der Waals surface area contributed by atoms with Crippen LogP contribution in [-0.2, 0) is 0 Å². The molecule has 0 unspecified atom stereocenters. The highest BCUT2D eigenvalue weighted by molar-refractivity contribution is 6.11. The molecular weight excluding hydrogens is 378 g/mol. The Morgan fingerprint density at radius 3 is 1.52 bits per heavy atom. The minimum Gasteiger partial charge on any atom is -0.289 e. The molecule has 0 radical (unpaired) electrons. The lowest BCUT2D eigenvalue weighted by Crippen LogP contribution is -2.30. The van der Waals surface area contributed by atoms with E-state index < -0.39 is 0 Å². The zero-order valence-corrected chi connectivity index (χ0v) is 21.0. The van der Waals surface area contributed by atoms with Crippen LogP contribution in [0.5, 0.6) is 0 Å². The Hall–Kier alpha value is -2.42. The van der Waals surface area contributed by atoms with Crippen LogP contribution in [0.15, 0.2) is 41.4 Å². The highest BCUT2D eigenvalue weighted by atomic mass is 15.2. The van der Waals surface area contributed by atoms with E-state index in [0.29, 0.717) is 35.9 Å². The third-order valence-electron chi connectivity index (χ3n) is 5.85. The lowest BCUT2D eigenvalue weighted by Gasteiger charge is -2.28. The first kappa shape index (κ1) is 24.8. The molecule has 3 heteroatoms. The normalized spacial score (nSPS) is 12.0. The Labute approximate surface area is 190 Å². The van der Waals surface area contributed by atoms with Gasteiger partial charge in [0, 0.05) is 6.42 Å². The molecule has 0 bridgehead atoms. The van der Waals surface area contributed by atoms with Crippen LogP contribution in [0.2, 0.25) is 0 Å². The molecule has 0 heterocycles. The van der Waals surface area contributed by atoms with E-state index in [-0.39, 0.29) is 0 Å². The van der Waals surface area contributed by atoms with Crippen LogP contribution >= 0.6 is 0 Å². The molecule has 1 N–H and O–H groups in total. The molecule has 3 nitrogen and oxygen atoms in total. The first-order chi connectivity index (χ1) is 14.6. The first-order valence-corrected chi connectivity index (χ1v) is 11.8. The number of amidine groups is 1. The Bertz CT molecular complexity index is 867. The topological polar surface area (TPSA) is 39.5 Å². The van der Waals surface area contributed by atoms with Crippen molar-refractivity contribution in [2.45, 2.75) is 92.4 Å². The minimum absolute atomic E-state index is 0.364. The smallest absolute Gasteiger partial charge is 0.105 e. The molecule has 2 rings (SSSR count). The summed E-state index contributed by atoms with van der Waals surface area (Å²) >= 11 is 0. The van der Waals surface area contributed by atoms with Crippen molar-refractivity contribution < 1.29 is 0 Å².